The molecule has 0 saturated heterocycles. The molecule has 0 heterocycles. The van der Waals surface area contributed by atoms with E-state index in [1.165, 1.54) is 0 Å². The molecule has 4 N–H and O–H groups in total. The van der Waals surface area contributed by atoms with Crippen LogP contribution in [0.5, 0.6) is 0 Å². The fraction of sp³-hybridized carbons (Fsp3) is 0.300. The molecule has 1 aliphatic carbocycles. The van der Waals surface area contributed by atoms with Crippen molar-refractivity contribution in [3.05, 3.63) is 58.6 Å². The van der Waals surface area contributed by atoms with Crippen LogP contribution in [0.25, 0.3) is 0 Å². The van der Waals surface area contributed by atoms with Crippen molar-refractivity contribution >= 4 is 46.6 Å². The van der Waals surface area contributed by atoms with Crippen LogP contribution in [-0.4, -0.2) is 24.1 Å². The Morgan fingerprint density at radius 3 is 1.39 bits per heavy atom. The maximum absolute atomic E-state index is 12.3. The highest BCUT2D eigenvalue weighted by atomic mass is 35.5. The Morgan fingerprint density at radius 2 is 1.04 bits per heavy atom. The molecule has 2 aromatic carbocycles. The predicted molar refractivity (Wildman–Crippen MR) is 113 cm³/mol. The summed E-state index contributed by atoms with van der Waals surface area (Å²) in [6.07, 6.45) is 3.62. The highest BCUT2D eigenvalue weighted by Crippen LogP contribution is 2.20. The van der Waals surface area contributed by atoms with Crippen LogP contribution < -0.4 is 21.3 Å². The quantitative estimate of drug-likeness (QED) is 0.544. The average molecular weight is 421 g/mol. The van der Waals surface area contributed by atoms with E-state index in [0.29, 0.717) is 21.4 Å². The van der Waals surface area contributed by atoms with Crippen molar-refractivity contribution in [3.63, 3.8) is 0 Å². The Balaban J connectivity index is 1.54. The molecule has 1 fully saturated rings. The Hall–Kier alpha value is -2.44. The first-order valence-electron chi connectivity index (χ1n) is 9.16. The van der Waals surface area contributed by atoms with Crippen molar-refractivity contribution in [2.24, 2.45) is 0 Å². The summed E-state index contributed by atoms with van der Waals surface area (Å²) in [5.74, 6) is 0. The van der Waals surface area contributed by atoms with E-state index in [9.17, 15) is 9.59 Å². The number of hydrogen-bond donors (Lipinski definition) is 4. The van der Waals surface area contributed by atoms with Gasteiger partial charge in [0.2, 0.25) is 0 Å². The van der Waals surface area contributed by atoms with Gasteiger partial charge in [-0.2, -0.15) is 0 Å². The first-order valence-corrected chi connectivity index (χ1v) is 9.91. The van der Waals surface area contributed by atoms with Crippen molar-refractivity contribution in [2.75, 3.05) is 10.6 Å². The molecule has 2 unspecified atom stereocenters. The van der Waals surface area contributed by atoms with Crippen molar-refractivity contribution in [2.45, 2.75) is 37.8 Å². The zero-order chi connectivity index (χ0) is 19.9. The molecule has 28 heavy (non-hydrogen) atoms. The summed E-state index contributed by atoms with van der Waals surface area (Å²) >= 11 is 11.7. The van der Waals surface area contributed by atoms with Gasteiger partial charge in [0.15, 0.2) is 0 Å². The van der Waals surface area contributed by atoms with Gasteiger partial charge in [-0.1, -0.05) is 36.0 Å². The minimum Gasteiger partial charge on any atom is -0.333 e. The third-order valence-corrected chi connectivity index (χ3v) is 5.11. The van der Waals surface area contributed by atoms with Gasteiger partial charge >= 0.3 is 12.1 Å². The minimum atomic E-state index is -0.306. The van der Waals surface area contributed by atoms with E-state index in [-0.39, 0.29) is 24.1 Å². The molecule has 0 aromatic heterocycles. The number of hydrogen-bond acceptors (Lipinski definition) is 2. The van der Waals surface area contributed by atoms with E-state index in [4.69, 9.17) is 23.2 Å². The van der Waals surface area contributed by atoms with E-state index in [2.05, 4.69) is 21.3 Å². The van der Waals surface area contributed by atoms with Gasteiger partial charge < -0.3 is 21.3 Å². The van der Waals surface area contributed by atoms with Gasteiger partial charge in [-0.25, -0.2) is 9.59 Å². The molecule has 1 aliphatic rings. The Morgan fingerprint density at radius 1 is 0.679 bits per heavy atom. The number of carbonyl (C=O) groups is 2. The Kier molecular flexibility index (Phi) is 7.01. The third kappa shape index (κ3) is 6.04. The van der Waals surface area contributed by atoms with E-state index in [1.54, 1.807) is 48.5 Å². The highest BCUT2D eigenvalue weighted by Gasteiger charge is 2.27. The molecule has 0 bridgehead atoms. The highest BCUT2D eigenvalue weighted by molar-refractivity contribution is 6.30. The van der Waals surface area contributed by atoms with E-state index >= 15 is 0 Å². The average Bonchev–Trinajstić information content (AvgIpc) is 2.67. The molecule has 4 amide bonds. The monoisotopic (exact) mass is 420 g/mol. The van der Waals surface area contributed by atoms with Crippen molar-refractivity contribution < 1.29 is 9.59 Å². The second-order valence-corrected chi connectivity index (χ2v) is 7.58. The number of halogens is 2. The van der Waals surface area contributed by atoms with Gasteiger partial charge in [0.05, 0.1) is 12.1 Å². The zero-order valence-electron chi connectivity index (χ0n) is 15.2. The maximum Gasteiger partial charge on any atom is 0.319 e. The lowest BCUT2D eigenvalue weighted by Gasteiger charge is -2.32. The van der Waals surface area contributed by atoms with Gasteiger partial charge in [0.25, 0.3) is 0 Å². The number of amides is 4. The Bertz CT molecular complexity index is 742. The molecule has 2 aromatic rings. The van der Waals surface area contributed by atoms with E-state index in [1.807, 2.05) is 0 Å². The molecular weight excluding hydrogens is 399 g/mol. The number of benzene rings is 2. The fourth-order valence-electron chi connectivity index (χ4n) is 3.21. The Labute approximate surface area is 174 Å². The first kappa shape index (κ1) is 20.3. The standard InChI is InChI=1S/C20H22Cl2N4O2/c21-13-5-9-15(10-6-13)23-19(27)25-17-3-1-2-4-18(17)26-20(28)24-16-11-7-14(22)8-12-16/h5-12,17-18H,1-4H2,(H2,23,25,27)(H2,24,26,28). The molecule has 8 heteroatoms. The third-order valence-electron chi connectivity index (χ3n) is 4.60. The number of nitrogens with one attached hydrogen (secondary N) is 4. The second kappa shape index (κ2) is 9.66. The molecule has 148 valence electrons. The predicted octanol–water partition coefficient (Wildman–Crippen LogP) is 5.25. The smallest absolute Gasteiger partial charge is 0.319 e. The van der Waals surface area contributed by atoms with E-state index in [0.717, 1.165) is 25.7 Å². The molecule has 3 rings (SSSR count). The molecular formula is C20H22Cl2N4O2. The molecule has 0 spiro atoms. The van der Waals surface area contributed by atoms with Gasteiger partial charge in [-0.05, 0) is 61.4 Å². The van der Waals surface area contributed by atoms with E-state index < -0.39 is 0 Å². The lowest BCUT2D eigenvalue weighted by molar-refractivity contribution is 0.225. The summed E-state index contributed by atoms with van der Waals surface area (Å²) < 4.78 is 0. The summed E-state index contributed by atoms with van der Waals surface area (Å²) in [5.41, 5.74) is 1.31. The topological polar surface area (TPSA) is 82.3 Å². The lowest BCUT2D eigenvalue weighted by Crippen LogP contribution is -2.54. The number of anilines is 2. The second-order valence-electron chi connectivity index (χ2n) is 6.71. The summed E-state index contributed by atoms with van der Waals surface area (Å²) in [6, 6.07) is 12.9. The van der Waals surface area contributed by atoms with Gasteiger partial charge in [0.1, 0.15) is 0 Å². The van der Waals surface area contributed by atoms with Crippen molar-refractivity contribution in [1.82, 2.24) is 10.6 Å². The molecule has 0 aliphatic heterocycles. The molecule has 2 atom stereocenters. The van der Waals surface area contributed by atoms with Gasteiger partial charge in [-0.15, -0.1) is 0 Å². The molecule has 0 radical (unpaired) electrons. The van der Waals surface area contributed by atoms with Crippen LogP contribution in [0.15, 0.2) is 48.5 Å². The van der Waals surface area contributed by atoms with Crippen LogP contribution >= 0.6 is 23.2 Å². The van der Waals surface area contributed by atoms with Crippen molar-refractivity contribution in [1.29, 1.82) is 0 Å². The van der Waals surface area contributed by atoms with Crippen molar-refractivity contribution in [3.8, 4) is 0 Å². The molecule has 1 saturated carbocycles. The number of rotatable bonds is 4. The fourth-order valence-corrected chi connectivity index (χ4v) is 3.47. The summed E-state index contributed by atoms with van der Waals surface area (Å²) in [5, 5.41) is 12.7. The number of carbonyl (C=O) groups excluding carboxylic acids is 2. The normalized spacial score (nSPS) is 18.8. The zero-order valence-corrected chi connectivity index (χ0v) is 16.7. The van der Waals surface area contributed by atoms with Crippen LogP contribution in [0, 0.1) is 0 Å². The maximum atomic E-state index is 12.3. The lowest BCUT2D eigenvalue weighted by atomic mass is 9.90. The summed E-state index contributed by atoms with van der Waals surface area (Å²) in [6.45, 7) is 0. The van der Waals surface area contributed by atoms with Crippen LogP contribution in [0.1, 0.15) is 25.7 Å². The van der Waals surface area contributed by atoms with Gasteiger partial charge in [-0.3, -0.25) is 0 Å². The van der Waals surface area contributed by atoms with Gasteiger partial charge in [0, 0.05) is 21.4 Å². The summed E-state index contributed by atoms with van der Waals surface area (Å²) in [4.78, 5) is 24.6. The van der Waals surface area contributed by atoms with Crippen LogP contribution in [0.3, 0.4) is 0 Å². The van der Waals surface area contributed by atoms with Crippen LogP contribution in [-0.2, 0) is 0 Å². The molecule has 6 nitrogen and oxygen atoms in total. The minimum absolute atomic E-state index is 0.142. The largest absolute Gasteiger partial charge is 0.333 e. The SMILES string of the molecule is O=C(Nc1ccc(Cl)cc1)NC1CCCCC1NC(=O)Nc1ccc(Cl)cc1. The van der Waals surface area contributed by atoms with Crippen LogP contribution in [0.2, 0.25) is 10.0 Å². The van der Waals surface area contributed by atoms with Crippen LogP contribution in [0.4, 0.5) is 21.0 Å². The summed E-state index contributed by atoms with van der Waals surface area (Å²) in [7, 11) is 0. The number of urea groups is 2. The first-order chi connectivity index (χ1) is 13.5.